The van der Waals surface area contributed by atoms with Crippen LogP contribution in [-0.4, -0.2) is 26.1 Å². The lowest BCUT2D eigenvalue weighted by molar-refractivity contribution is -0.113. The zero-order valence-corrected chi connectivity index (χ0v) is 16.9. The third-order valence-electron chi connectivity index (χ3n) is 4.88. The van der Waals surface area contributed by atoms with Crippen LogP contribution in [0.4, 0.5) is 5.95 Å². The maximum atomic E-state index is 12.5. The summed E-state index contributed by atoms with van der Waals surface area (Å²) < 4.78 is 0. The number of hydrogen-bond donors (Lipinski definition) is 3. The number of nitrogens with two attached hydrogens (primary N) is 1. The third-order valence-corrected chi connectivity index (χ3v) is 4.88. The monoisotopic (exact) mass is 410 g/mol. The number of nitrogens with one attached hydrogen (secondary N) is 2. The fourth-order valence-corrected chi connectivity index (χ4v) is 3.36. The van der Waals surface area contributed by atoms with Crippen molar-refractivity contribution in [1.82, 2.24) is 20.2 Å². The van der Waals surface area contributed by atoms with E-state index < -0.39 is 0 Å². The van der Waals surface area contributed by atoms with E-state index >= 15 is 0 Å². The average Bonchev–Trinajstić information content (AvgIpc) is 3.51. The third kappa shape index (κ3) is 4.42. The van der Waals surface area contributed by atoms with Crippen molar-refractivity contribution >= 4 is 36.7 Å². The highest BCUT2D eigenvalue weighted by Crippen LogP contribution is 2.49. The second kappa shape index (κ2) is 8.27. The van der Waals surface area contributed by atoms with Gasteiger partial charge in [-0.2, -0.15) is 5.10 Å². The number of allylic oxidation sites excluding steroid dienone is 1. The van der Waals surface area contributed by atoms with Gasteiger partial charge >= 0.3 is 0 Å². The van der Waals surface area contributed by atoms with Crippen LogP contribution >= 0.6 is 24.8 Å². The number of anilines is 1. The number of hydrogen-bond acceptors (Lipinski definition) is 5. The quantitative estimate of drug-likeness (QED) is 0.654. The molecule has 0 saturated heterocycles. The Morgan fingerprint density at radius 2 is 1.67 bits per heavy atom. The minimum absolute atomic E-state index is 0. The highest BCUT2D eigenvalue weighted by Gasteiger charge is 2.39. The molecule has 0 spiro atoms. The zero-order chi connectivity index (χ0) is 17.6. The molecule has 1 amide bonds. The van der Waals surface area contributed by atoms with Gasteiger partial charge < -0.3 is 5.73 Å². The number of halogens is 2. The lowest BCUT2D eigenvalue weighted by Gasteiger charge is -2.10. The Labute approximate surface area is 170 Å². The molecule has 0 bridgehead atoms. The number of aryl methyl sites for hydroxylation is 2. The summed E-state index contributed by atoms with van der Waals surface area (Å²) in [7, 11) is 0. The van der Waals surface area contributed by atoms with Crippen LogP contribution in [0.3, 0.4) is 0 Å². The minimum atomic E-state index is -0.294. The predicted molar refractivity (Wildman–Crippen MR) is 109 cm³/mol. The van der Waals surface area contributed by atoms with Gasteiger partial charge in [-0.05, 0) is 56.9 Å². The molecule has 0 unspecified atom stereocenters. The molecular weight excluding hydrogens is 387 g/mol. The van der Waals surface area contributed by atoms with Gasteiger partial charge in [0.05, 0.1) is 11.4 Å². The molecule has 2 aliphatic rings. The summed E-state index contributed by atoms with van der Waals surface area (Å²) in [6, 6.07) is 0. The zero-order valence-electron chi connectivity index (χ0n) is 15.3. The van der Waals surface area contributed by atoms with Crippen molar-refractivity contribution in [2.24, 2.45) is 17.6 Å². The summed E-state index contributed by atoms with van der Waals surface area (Å²) in [5, 5.41) is 9.84. The summed E-state index contributed by atoms with van der Waals surface area (Å²) in [5.41, 5.74) is 11.4. The maximum absolute atomic E-state index is 12.5. The van der Waals surface area contributed by atoms with Crippen LogP contribution in [0, 0.1) is 25.7 Å². The highest BCUT2D eigenvalue weighted by atomic mass is 35.5. The van der Waals surface area contributed by atoms with E-state index in [1.165, 1.54) is 0 Å². The minimum Gasteiger partial charge on any atom is -0.394 e. The number of nitrogens with zero attached hydrogens (tertiary/aromatic N) is 3. The van der Waals surface area contributed by atoms with Gasteiger partial charge in [0.15, 0.2) is 0 Å². The summed E-state index contributed by atoms with van der Waals surface area (Å²) in [6.07, 6.45) is 7.97. The molecule has 2 saturated carbocycles. The number of carbonyl (C=O) groups is 1. The molecular formula is C18H24Cl2N6O. The van der Waals surface area contributed by atoms with Gasteiger partial charge in [-0.25, -0.2) is 9.97 Å². The van der Waals surface area contributed by atoms with Crippen LogP contribution in [0.15, 0.2) is 23.7 Å². The number of H-pyrrole nitrogens is 1. The van der Waals surface area contributed by atoms with Crippen LogP contribution in [0.1, 0.15) is 37.1 Å². The van der Waals surface area contributed by atoms with E-state index in [1.807, 2.05) is 13.8 Å². The van der Waals surface area contributed by atoms with Crippen molar-refractivity contribution in [2.45, 2.75) is 39.5 Å². The second-order valence-corrected chi connectivity index (χ2v) is 6.98. The van der Waals surface area contributed by atoms with Gasteiger partial charge in [-0.1, -0.05) is 0 Å². The first kappa shape index (κ1) is 21.2. The Morgan fingerprint density at radius 3 is 2.11 bits per heavy atom. The molecule has 146 valence electrons. The SMILES string of the molecule is Cc1n[nH]c(C)c1-c1cnc(NC(=O)C(N)=C(C2CC2)C2CC2)nc1.Cl.Cl. The molecule has 0 atom stereocenters. The summed E-state index contributed by atoms with van der Waals surface area (Å²) in [5.74, 6) is 0.987. The molecule has 7 nitrogen and oxygen atoms in total. The molecule has 2 fully saturated rings. The predicted octanol–water partition coefficient (Wildman–Crippen LogP) is 3.30. The summed E-state index contributed by atoms with van der Waals surface area (Å²) in [4.78, 5) is 21.0. The molecule has 0 radical (unpaired) electrons. The lowest BCUT2D eigenvalue weighted by atomic mass is 10.0. The van der Waals surface area contributed by atoms with E-state index in [2.05, 4.69) is 25.5 Å². The maximum Gasteiger partial charge on any atom is 0.273 e. The van der Waals surface area contributed by atoms with Crippen LogP contribution in [0.25, 0.3) is 11.1 Å². The van der Waals surface area contributed by atoms with Gasteiger partial charge in [0.2, 0.25) is 5.95 Å². The van der Waals surface area contributed by atoms with Gasteiger partial charge in [0.25, 0.3) is 5.91 Å². The second-order valence-electron chi connectivity index (χ2n) is 6.98. The number of aromatic amines is 1. The van der Waals surface area contributed by atoms with Gasteiger partial charge in [-0.3, -0.25) is 15.2 Å². The van der Waals surface area contributed by atoms with E-state index in [0.29, 0.717) is 17.5 Å². The van der Waals surface area contributed by atoms with E-state index in [-0.39, 0.29) is 36.7 Å². The molecule has 2 aromatic heterocycles. The van der Waals surface area contributed by atoms with Crippen LogP contribution in [-0.2, 0) is 4.79 Å². The molecule has 2 aliphatic carbocycles. The van der Waals surface area contributed by atoms with Crippen LogP contribution in [0.5, 0.6) is 0 Å². The smallest absolute Gasteiger partial charge is 0.273 e. The van der Waals surface area contributed by atoms with E-state index in [1.54, 1.807) is 12.4 Å². The fraction of sp³-hybridized carbons (Fsp3) is 0.444. The molecule has 2 heterocycles. The highest BCUT2D eigenvalue weighted by molar-refractivity contribution is 6.02. The Morgan fingerprint density at radius 1 is 1.11 bits per heavy atom. The fourth-order valence-electron chi connectivity index (χ4n) is 3.36. The van der Waals surface area contributed by atoms with E-state index in [4.69, 9.17) is 5.73 Å². The molecule has 4 rings (SSSR count). The Balaban J connectivity index is 0.00000131. The normalized spacial score (nSPS) is 15.3. The number of rotatable bonds is 5. The number of carbonyl (C=O) groups excluding carboxylic acids is 1. The average molecular weight is 411 g/mol. The van der Waals surface area contributed by atoms with E-state index in [9.17, 15) is 4.79 Å². The summed E-state index contributed by atoms with van der Waals surface area (Å²) in [6.45, 7) is 3.88. The van der Waals surface area contributed by atoms with Crippen molar-refractivity contribution in [3.8, 4) is 11.1 Å². The summed E-state index contributed by atoms with van der Waals surface area (Å²) >= 11 is 0. The first-order valence-corrected chi connectivity index (χ1v) is 8.69. The van der Waals surface area contributed by atoms with Gasteiger partial charge in [0.1, 0.15) is 0 Å². The lowest BCUT2D eigenvalue weighted by Crippen LogP contribution is -2.24. The molecule has 4 N–H and O–H groups in total. The standard InChI is InChI=1S/C18H22N6O.2ClH/c1-9-14(10(2)24-23-9)13-7-20-18(21-8-13)22-17(25)16(19)15(11-3-4-11)12-5-6-12;;/h7-8,11-12H,3-6,19H2,1-2H3,(H,23,24)(H,20,21,22,25);2*1H. The first-order chi connectivity index (χ1) is 12.0. The van der Waals surface area contributed by atoms with Crippen molar-refractivity contribution < 1.29 is 4.79 Å². The number of amides is 1. The van der Waals surface area contributed by atoms with E-state index in [0.717, 1.165) is 53.8 Å². The topological polar surface area (TPSA) is 110 Å². The molecule has 0 aromatic carbocycles. The van der Waals surface area contributed by atoms with Crippen LogP contribution < -0.4 is 11.1 Å². The molecule has 0 aliphatic heterocycles. The van der Waals surface area contributed by atoms with Crippen molar-refractivity contribution in [3.05, 3.63) is 35.1 Å². The molecule has 27 heavy (non-hydrogen) atoms. The van der Waals surface area contributed by atoms with Crippen molar-refractivity contribution in [2.75, 3.05) is 5.32 Å². The van der Waals surface area contributed by atoms with Crippen molar-refractivity contribution in [1.29, 1.82) is 0 Å². The Kier molecular flexibility index (Phi) is 6.49. The van der Waals surface area contributed by atoms with Crippen molar-refractivity contribution in [3.63, 3.8) is 0 Å². The molecule has 2 aromatic rings. The van der Waals surface area contributed by atoms with Gasteiger partial charge in [0, 0.05) is 29.2 Å². The Bertz CT molecular complexity index is 820. The molecule has 9 heteroatoms. The van der Waals surface area contributed by atoms with Crippen LogP contribution in [0.2, 0.25) is 0 Å². The largest absolute Gasteiger partial charge is 0.394 e. The van der Waals surface area contributed by atoms with Gasteiger partial charge in [-0.15, -0.1) is 24.8 Å². The Hall–Kier alpha value is -2.12. The number of aromatic nitrogens is 4. The first-order valence-electron chi connectivity index (χ1n) is 8.69.